The summed E-state index contributed by atoms with van der Waals surface area (Å²) in [6, 6.07) is 10.8. The summed E-state index contributed by atoms with van der Waals surface area (Å²) in [5.74, 6) is 0. The van der Waals surface area contributed by atoms with Crippen LogP contribution in [-0.2, 0) is 16.6 Å². The van der Waals surface area contributed by atoms with Gasteiger partial charge in [-0.2, -0.15) is 4.31 Å². The lowest BCUT2D eigenvalue weighted by atomic mass is 10.2. The highest BCUT2D eigenvalue weighted by molar-refractivity contribution is 7.89. The van der Waals surface area contributed by atoms with Crippen LogP contribution in [-0.4, -0.2) is 41.8 Å². The molecule has 0 saturated carbocycles. The number of fused-ring (bicyclic) bond motifs is 1. The van der Waals surface area contributed by atoms with Crippen LogP contribution >= 0.6 is 0 Å². The summed E-state index contributed by atoms with van der Waals surface area (Å²) < 4.78 is 26.9. The van der Waals surface area contributed by atoms with E-state index in [1.165, 1.54) is 5.56 Å². The zero-order valence-corrected chi connectivity index (χ0v) is 14.5. The lowest BCUT2D eigenvalue weighted by molar-refractivity contribution is 0.456. The van der Waals surface area contributed by atoms with Crippen LogP contribution < -0.4 is 5.32 Å². The Kier molecular flexibility index (Phi) is 4.29. The van der Waals surface area contributed by atoms with Crippen molar-refractivity contribution >= 4 is 20.9 Å². The van der Waals surface area contributed by atoms with Crippen molar-refractivity contribution < 1.29 is 8.42 Å². The molecule has 1 fully saturated rings. The maximum atomic E-state index is 12.7. The highest BCUT2D eigenvalue weighted by Crippen LogP contribution is 2.22. The monoisotopic (exact) mass is 356 g/mol. The molecule has 0 spiro atoms. The van der Waals surface area contributed by atoms with E-state index in [-0.39, 0.29) is 6.04 Å². The molecular weight excluding hydrogens is 336 g/mol. The third kappa shape index (κ3) is 3.18. The maximum Gasteiger partial charge on any atom is 0.243 e. The van der Waals surface area contributed by atoms with Crippen molar-refractivity contribution in [2.24, 2.45) is 0 Å². The van der Waals surface area contributed by atoms with Gasteiger partial charge in [-0.1, -0.05) is 18.2 Å². The lowest BCUT2D eigenvalue weighted by Gasteiger charge is -2.17. The molecule has 2 aromatic heterocycles. The zero-order chi connectivity index (χ0) is 17.3. The van der Waals surface area contributed by atoms with E-state index in [1.807, 2.05) is 24.5 Å². The first-order valence-corrected chi connectivity index (χ1v) is 9.77. The minimum absolute atomic E-state index is 0.158. The van der Waals surface area contributed by atoms with Gasteiger partial charge in [-0.3, -0.25) is 4.98 Å². The Hall–Kier alpha value is -2.22. The molecule has 7 heteroatoms. The first-order valence-electron chi connectivity index (χ1n) is 8.33. The van der Waals surface area contributed by atoms with Crippen LogP contribution in [0.25, 0.3) is 10.9 Å². The molecule has 3 aromatic rings. The minimum atomic E-state index is -3.40. The molecule has 6 nitrogen and oxygen atoms in total. The van der Waals surface area contributed by atoms with Crippen LogP contribution in [0.4, 0.5) is 0 Å². The van der Waals surface area contributed by atoms with Gasteiger partial charge in [-0.25, -0.2) is 8.42 Å². The van der Waals surface area contributed by atoms with Gasteiger partial charge in [0.1, 0.15) is 0 Å². The minimum Gasteiger partial charge on any atom is -0.360 e. The molecule has 2 N–H and O–H groups in total. The zero-order valence-electron chi connectivity index (χ0n) is 13.7. The molecule has 1 aliphatic rings. The second-order valence-electron chi connectivity index (χ2n) is 6.28. The van der Waals surface area contributed by atoms with E-state index in [0.29, 0.717) is 24.5 Å². The van der Waals surface area contributed by atoms with E-state index >= 15 is 0 Å². The number of nitrogens with one attached hydrogen (secondary N) is 2. The van der Waals surface area contributed by atoms with Crippen molar-refractivity contribution in [1.82, 2.24) is 19.6 Å². The maximum absolute atomic E-state index is 12.7. The van der Waals surface area contributed by atoms with E-state index in [2.05, 4.69) is 15.3 Å². The molecule has 0 unspecified atom stereocenters. The summed E-state index contributed by atoms with van der Waals surface area (Å²) in [5, 5.41) is 4.63. The number of hydrogen-bond acceptors (Lipinski definition) is 4. The molecule has 1 aliphatic heterocycles. The Morgan fingerprint density at radius 1 is 1.24 bits per heavy atom. The van der Waals surface area contributed by atoms with E-state index in [9.17, 15) is 8.42 Å². The molecule has 0 amide bonds. The van der Waals surface area contributed by atoms with Gasteiger partial charge in [0.05, 0.1) is 16.6 Å². The third-order valence-corrected chi connectivity index (χ3v) is 6.56. The van der Waals surface area contributed by atoms with Gasteiger partial charge < -0.3 is 10.3 Å². The van der Waals surface area contributed by atoms with E-state index in [4.69, 9.17) is 0 Å². The second-order valence-corrected chi connectivity index (χ2v) is 8.22. The van der Waals surface area contributed by atoms with Gasteiger partial charge in [0, 0.05) is 43.5 Å². The molecular formula is C18H20N4O2S. The summed E-state index contributed by atoms with van der Waals surface area (Å²) in [4.78, 5) is 7.67. The van der Waals surface area contributed by atoms with Crippen LogP contribution in [0.15, 0.2) is 59.9 Å². The average Bonchev–Trinajstić information content (AvgIpc) is 3.28. The first-order chi connectivity index (χ1) is 12.1. The van der Waals surface area contributed by atoms with Crippen molar-refractivity contribution in [2.75, 3.05) is 13.1 Å². The van der Waals surface area contributed by atoms with E-state index < -0.39 is 10.0 Å². The number of rotatable bonds is 5. The number of pyridine rings is 1. The Morgan fingerprint density at radius 3 is 2.92 bits per heavy atom. The SMILES string of the molecule is O=S(=O)(c1ccccc1)N1CC[C@H](NCc2c[nH]c3cnccc23)C1. The van der Waals surface area contributed by atoms with Crippen LogP contribution in [0.1, 0.15) is 12.0 Å². The van der Waals surface area contributed by atoms with Gasteiger partial charge in [-0.05, 0) is 30.2 Å². The largest absolute Gasteiger partial charge is 0.360 e. The normalized spacial score (nSPS) is 18.8. The van der Waals surface area contributed by atoms with Gasteiger partial charge in [-0.15, -0.1) is 0 Å². The number of nitrogens with zero attached hydrogens (tertiary/aromatic N) is 2. The number of H-pyrrole nitrogens is 1. The average molecular weight is 356 g/mol. The van der Waals surface area contributed by atoms with Crippen molar-refractivity contribution in [2.45, 2.75) is 23.9 Å². The van der Waals surface area contributed by atoms with Crippen molar-refractivity contribution in [3.8, 4) is 0 Å². The molecule has 1 saturated heterocycles. The highest BCUT2D eigenvalue weighted by Gasteiger charge is 2.32. The van der Waals surface area contributed by atoms with E-state index in [0.717, 1.165) is 17.3 Å². The van der Waals surface area contributed by atoms with Crippen molar-refractivity contribution in [1.29, 1.82) is 0 Å². The molecule has 130 valence electrons. The van der Waals surface area contributed by atoms with Gasteiger partial charge in [0.15, 0.2) is 0 Å². The van der Waals surface area contributed by atoms with Gasteiger partial charge in [0.25, 0.3) is 0 Å². The predicted octanol–water partition coefficient (Wildman–Crippen LogP) is 2.12. The number of aromatic nitrogens is 2. The van der Waals surface area contributed by atoms with Crippen molar-refractivity contribution in [3.05, 3.63) is 60.6 Å². The molecule has 1 atom stereocenters. The Morgan fingerprint density at radius 2 is 2.08 bits per heavy atom. The van der Waals surface area contributed by atoms with Crippen LogP contribution in [0, 0.1) is 0 Å². The molecule has 3 heterocycles. The Balaban J connectivity index is 1.41. The summed E-state index contributed by atoms with van der Waals surface area (Å²) >= 11 is 0. The standard InChI is InChI=1S/C18H20N4O2S/c23-25(24,16-4-2-1-3-5-16)22-9-7-15(13-22)20-10-14-11-21-18-12-19-8-6-17(14)18/h1-6,8,11-12,15,20-21H,7,9-10,13H2/t15-/m0/s1. The first kappa shape index (κ1) is 16.3. The molecule has 25 heavy (non-hydrogen) atoms. The molecule has 0 bridgehead atoms. The highest BCUT2D eigenvalue weighted by atomic mass is 32.2. The summed E-state index contributed by atoms with van der Waals surface area (Å²) in [7, 11) is -3.40. The molecule has 1 aromatic carbocycles. The summed E-state index contributed by atoms with van der Waals surface area (Å²) in [6.07, 6.45) is 6.38. The number of hydrogen-bond donors (Lipinski definition) is 2. The quantitative estimate of drug-likeness (QED) is 0.734. The number of aromatic amines is 1. The Bertz CT molecular complexity index is 969. The molecule has 0 radical (unpaired) electrons. The molecule has 0 aliphatic carbocycles. The van der Waals surface area contributed by atoms with Crippen LogP contribution in [0.3, 0.4) is 0 Å². The number of benzene rings is 1. The fourth-order valence-corrected chi connectivity index (χ4v) is 4.81. The van der Waals surface area contributed by atoms with Crippen molar-refractivity contribution in [3.63, 3.8) is 0 Å². The van der Waals surface area contributed by atoms with Crippen LogP contribution in [0.5, 0.6) is 0 Å². The van der Waals surface area contributed by atoms with E-state index in [1.54, 1.807) is 34.8 Å². The fraction of sp³-hybridized carbons (Fsp3) is 0.278. The predicted molar refractivity (Wildman–Crippen MR) is 96.5 cm³/mol. The Labute approximate surface area is 146 Å². The summed E-state index contributed by atoms with van der Waals surface area (Å²) in [6.45, 7) is 1.75. The topological polar surface area (TPSA) is 78.1 Å². The second kappa shape index (κ2) is 6.59. The fourth-order valence-electron chi connectivity index (χ4n) is 3.29. The smallest absolute Gasteiger partial charge is 0.243 e. The molecule has 4 rings (SSSR count). The van der Waals surface area contributed by atoms with Crippen LogP contribution in [0.2, 0.25) is 0 Å². The third-order valence-electron chi connectivity index (χ3n) is 4.68. The van der Waals surface area contributed by atoms with Gasteiger partial charge >= 0.3 is 0 Å². The van der Waals surface area contributed by atoms with Gasteiger partial charge in [0.2, 0.25) is 10.0 Å². The number of sulfonamides is 1. The lowest BCUT2D eigenvalue weighted by Crippen LogP contribution is -2.34. The summed E-state index contributed by atoms with van der Waals surface area (Å²) in [5.41, 5.74) is 2.18.